The summed E-state index contributed by atoms with van der Waals surface area (Å²) in [6.45, 7) is 0.584. The van der Waals surface area contributed by atoms with Crippen molar-refractivity contribution in [2.45, 2.75) is 4.90 Å². The molecule has 1 N–H and O–H groups in total. The molecule has 0 aliphatic carbocycles. The summed E-state index contributed by atoms with van der Waals surface area (Å²) >= 11 is 1.70. The van der Waals surface area contributed by atoms with E-state index in [0.29, 0.717) is 6.54 Å². The van der Waals surface area contributed by atoms with Gasteiger partial charge in [0.1, 0.15) is 0 Å². The van der Waals surface area contributed by atoms with Crippen molar-refractivity contribution in [2.24, 2.45) is 4.99 Å². The first kappa shape index (κ1) is 10.3. The first-order chi connectivity index (χ1) is 6.38. The lowest BCUT2D eigenvalue weighted by atomic mass is 10.2. The molecule has 1 rings (SSSR count). The maximum absolute atomic E-state index is 8.55. The van der Waals surface area contributed by atoms with Crippen molar-refractivity contribution in [1.82, 2.24) is 0 Å². The molecule has 0 atom stereocenters. The molecule has 0 saturated carbocycles. The highest BCUT2D eigenvalue weighted by atomic mass is 32.2. The molecule has 70 valence electrons. The maximum Gasteiger partial charge on any atom is 0.0626 e. The van der Waals surface area contributed by atoms with Crippen molar-refractivity contribution in [3.05, 3.63) is 29.8 Å². The van der Waals surface area contributed by atoms with Gasteiger partial charge in [0, 0.05) is 16.7 Å². The van der Waals surface area contributed by atoms with Gasteiger partial charge in [0.05, 0.1) is 13.2 Å². The fraction of sp³-hybridized carbons (Fsp3) is 0.300. The van der Waals surface area contributed by atoms with Gasteiger partial charge in [-0.3, -0.25) is 4.99 Å². The zero-order valence-electron chi connectivity index (χ0n) is 7.60. The van der Waals surface area contributed by atoms with Crippen LogP contribution in [0.4, 0.5) is 0 Å². The molecule has 0 fully saturated rings. The Morgan fingerprint density at radius 3 is 2.92 bits per heavy atom. The number of hydrogen-bond acceptors (Lipinski definition) is 3. The molecular formula is C10H13NOS. The van der Waals surface area contributed by atoms with Crippen LogP contribution in [0.5, 0.6) is 0 Å². The minimum absolute atomic E-state index is 0.109. The number of aliphatic hydroxyl groups is 1. The van der Waals surface area contributed by atoms with Crippen LogP contribution in [0.3, 0.4) is 0 Å². The Balaban J connectivity index is 2.74. The predicted molar refractivity (Wildman–Crippen MR) is 57.8 cm³/mol. The van der Waals surface area contributed by atoms with E-state index in [2.05, 4.69) is 11.1 Å². The van der Waals surface area contributed by atoms with E-state index in [1.165, 1.54) is 4.90 Å². The summed E-state index contributed by atoms with van der Waals surface area (Å²) in [6.07, 6.45) is 3.85. The van der Waals surface area contributed by atoms with E-state index in [0.717, 1.165) is 5.56 Å². The van der Waals surface area contributed by atoms with Crippen molar-refractivity contribution >= 4 is 18.0 Å². The maximum atomic E-state index is 8.55. The molecule has 0 unspecified atom stereocenters. The van der Waals surface area contributed by atoms with Crippen LogP contribution in [0, 0.1) is 0 Å². The van der Waals surface area contributed by atoms with Gasteiger partial charge >= 0.3 is 0 Å². The number of rotatable bonds is 4. The lowest BCUT2D eigenvalue weighted by Gasteiger charge is -2.00. The number of nitrogens with zero attached hydrogens (tertiary/aromatic N) is 1. The molecule has 0 bridgehead atoms. The molecule has 0 heterocycles. The quantitative estimate of drug-likeness (QED) is 0.587. The van der Waals surface area contributed by atoms with E-state index < -0.39 is 0 Å². The number of benzene rings is 1. The zero-order chi connectivity index (χ0) is 9.52. The summed E-state index contributed by atoms with van der Waals surface area (Å²) in [5, 5.41) is 8.55. The molecule has 0 radical (unpaired) electrons. The predicted octanol–water partition coefficient (Wildman–Crippen LogP) is 1.82. The van der Waals surface area contributed by atoms with E-state index in [9.17, 15) is 0 Å². The van der Waals surface area contributed by atoms with Crippen LogP contribution in [0.15, 0.2) is 34.2 Å². The summed E-state index contributed by atoms with van der Waals surface area (Å²) < 4.78 is 0. The van der Waals surface area contributed by atoms with Gasteiger partial charge in [-0.05, 0) is 12.3 Å². The molecular weight excluding hydrogens is 182 g/mol. The Morgan fingerprint density at radius 2 is 2.23 bits per heavy atom. The zero-order valence-corrected chi connectivity index (χ0v) is 8.42. The number of aliphatic hydroxyl groups excluding tert-OH is 1. The topological polar surface area (TPSA) is 32.6 Å². The highest BCUT2D eigenvalue weighted by Gasteiger charge is 1.95. The van der Waals surface area contributed by atoms with Crippen LogP contribution in [-0.2, 0) is 0 Å². The Hall–Kier alpha value is -0.800. The van der Waals surface area contributed by atoms with Crippen LogP contribution in [0.2, 0.25) is 0 Å². The summed E-state index contributed by atoms with van der Waals surface area (Å²) in [4.78, 5) is 5.29. The summed E-state index contributed by atoms with van der Waals surface area (Å²) in [5.74, 6) is 0. The second-order valence-corrected chi connectivity index (χ2v) is 3.35. The molecule has 0 amide bonds. The van der Waals surface area contributed by atoms with Crippen LogP contribution < -0.4 is 0 Å². The highest BCUT2D eigenvalue weighted by molar-refractivity contribution is 7.98. The molecule has 2 nitrogen and oxygen atoms in total. The van der Waals surface area contributed by atoms with Crippen LogP contribution in [0.1, 0.15) is 5.56 Å². The smallest absolute Gasteiger partial charge is 0.0626 e. The van der Waals surface area contributed by atoms with Gasteiger partial charge in [-0.25, -0.2) is 0 Å². The van der Waals surface area contributed by atoms with Crippen molar-refractivity contribution in [2.75, 3.05) is 19.4 Å². The Labute approximate surface area is 82.7 Å². The van der Waals surface area contributed by atoms with Gasteiger partial charge in [-0.2, -0.15) is 0 Å². The van der Waals surface area contributed by atoms with Gasteiger partial charge < -0.3 is 5.11 Å². The van der Waals surface area contributed by atoms with E-state index in [-0.39, 0.29) is 6.61 Å². The minimum atomic E-state index is 0.109. The standard InChI is InChI=1S/C10H13NOS/c1-13-10-5-3-2-4-9(10)8-11-6-7-12/h2-5,8,12H,6-7H2,1H3. The van der Waals surface area contributed by atoms with Crippen molar-refractivity contribution in [3.8, 4) is 0 Å². The molecule has 0 saturated heterocycles. The monoisotopic (exact) mass is 195 g/mol. The average molecular weight is 195 g/mol. The second-order valence-electron chi connectivity index (χ2n) is 2.50. The first-order valence-electron chi connectivity index (χ1n) is 4.12. The summed E-state index contributed by atoms with van der Waals surface area (Å²) in [5.41, 5.74) is 1.11. The third-order valence-corrected chi connectivity index (χ3v) is 2.41. The molecule has 3 heteroatoms. The first-order valence-corrected chi connectivity index (χ1v) is 5.34. The van der Waals surface area contributed by atoms with Gasteiger partial charge in [0.15, 0.2) is 0 Å². The summed E-state index contributed by atoms with van der Waals surface area (Å²) in [7, 11) is 0. The number of thioether (sulfide) groups is 1. The Bertz CT molecular complexity index is 286. The number of aliphatic imine (C=N–C) groups is 1. The van der Waals surface area contributed by atoms with E-state index in [4.69, 9.17) is 5.11 Å². The molecule has 0 spiro atoms. The van der Waals surface area contributed by atoms with E-state index in [1.807, 2.05) is 30.7 Å². The fourth-order valence-corrected chi connectivity index (χ4v) is 1.56. The summed E-state index contributed by atoms with van der Waals surface area (Å²) in [6, 6.07) is 8.08. The Morgan fingerprint density at radius 1 is 1.46 bits per heavy atom. The van der Waals surface area contributed by atoms with Crippen molar-refractivity contribution in [3.63, 3.8) is 0 Å². The second kappa shape index (κ2) is 5.78. The van der Waals surface area contributed by atoms with Gasteiger partial charge in [0.2, 0.25) is 0 Å². The fourth-order valence-electron chi connectivity index (χ4n) is 0.994. The molecule has 0 aliphatic rings. The van der Waals surface area contributed by atoms with Crippen LogP contribution in [0.25, 0.3) is 0 Å². The van der Waals surface area contributed by atoms with Gasteiger partial charge in [-0.1, -0.05) is 18.2 Å². The van der Waals surface area contributed by atoms with Gasteiger partial charge in [-0.15, -0.1) is 11.8 Å². The van der Waals surface area contributed by atoms with Crippen molar-refractivity contribution < 1.29 is 5.11 Å². The van der Waals surface area contributed by atoms with Crippen LogP contribution in [-0.4, -0.2) is 30.7 Å². The average Bonchev–Trinajstić information content (AvgIpc) is 2.19. The molecule has 1 aromatic rings. The van der Waals surface area contributed by atoms with Crippen LogP contribution >= 0.6 is 11.8 Å². The molecule has 13 heavy (non-hydrogen) atoms. The highest BCUT2D eigenvalue weighted by Crippen LogP contribution is 2.17. The SMILES string of the molecule is CSc1ccccc1C=NCCO. The number of hydrogen-bond donors (Lipinski definition) is 1. The Kier molecular flexibility index (Phi) is 4.57. The lowest BCUT2D eigenvalue weighted by Crippen LogP contribution is -1.90. The van der Waals surface area contributed by atoms with E-state index in [1.54, 1.807) is 11.8 Å². The molecule has 1 aromatic carbocycles. The minimum Gasteiger partial charge on any atom is -0.394 e. The van der Waals surface area contributed by atoms with E-state index >= 15 is 0 Å². The largest absolute Gasteiger partial charge is 0.394 e. The third-order valence-electron chi connectivity index (χ3n) is 1.60. The molecule has 0 aromatic heterocycles. The third kappa shape index (κ3) is 3.20. The lowest BCUT2D eigenvalue weighted by molar-refractivity contribution is 0.307. The van der Waals surface area contributed by atoms with Crippen molar-refractivity contribution in [1.29, 1.82) is 0 Å². The molecule has 0 aliphatic heterocycles. The van der Waals surface area contributed by atoms with Gasteiger partial charge in [0.25, 0.3) is 0 Å². The normalized spacial score (nSPS) is 10.9.